The Balaban J connectivity index is 1.74. The zero-order valence-electron chi connectivity index (χ0n) is 13.4. The van der Waals surface area contributed by atoms with Gasteiger partial charge in [0.2, 0.25) is 0 Å². The predicted molar refractivity (Wildman–Crippen MR) is 86.6 cm³/mol. The molecule has 2 nitrogen and oxygen atoms in total. The van der Waals surface area contributed by atoms with Crippen molar-refractivity contribution < 1.29 is 4.79 Å². The van der Waals surface area contributed by atoms with Gasteiger partial charge in [-0.25, -0.2) is 0 Å². The summed E-state index contributed by atoms with van der Waals surface area (Å²) in [6.45, 7) is 6.59. The number of benzene rings is 1. The first-order valence-electron chi connectivity index (χ1n) is 8.57. The summed E-state index contributed by atoms with van der Waals surface area (Å²) in [7, 11) is 0. The van der Waals surface area contributed by atoms with Gasteiger partial charge in [0.05, 0.1) is 5.54 Å². The van der Waals surface area contributed by atoms with Crippen molar-refractivity contribution in [1.29, 1.82) is 0 Å². The third-order valence-corrected chi connectivity index (χ3v) is 5.79. The third kappa shape index (κ3) is 2.44. The second kappa shape index (κ2) is 5.92. The molecule has 2 aliphatic rings. The number of nitrogens with zero attached hydrogens (tertiary/aromatic N) is 1. The van der Waals surface area contributed by atoms with Crippen LogP contribution in [0.1, 0.15) is 63.0 Å². The lowest BCUT2D eigenvalue weighted by Crippen LogP contribution is -2.53. The molecule has 1 heterocycles. The van der Waals surface area contributed by atoms with Gasteiger partial charge in [0.25, 0.3) is 0 Å². The molecule has 0 spiro atoms. The molecule has 0 N–H and O–H groups in total. The average Bonchev–Trinajstić information content (AvgIpc) is 3.01. The van der Waals surface area contributed by atoms with Gasteiger partial charge in [-0.15, -0.1) is 0 Å². The molecule has 21 heavy (non-hydrogen) atoms. The molecule has 3 rings (SSSR count). The number of carbonyl (C=O) groups is 1. The zero-order valence-corrected chi connectivity index (χ0v) is 13.4. The smallest absolute Gasteiger partial charge is 0.153 e. The minimum Gasteiger partial charge on any atom is -0.298 e. The lowest BCUT2D eigenvalue weighted by molar-refractivity contribution is -0.132. The number of fused-ring (bicyclic) bond motifs is 1. The van der Waals surface area contributed by atoms with Gasteiger partial charge in [0.15, 0.2) is 5.78 Å². The van der Waals surface area contributed by atoms with Gasteiger partial charge in [0.1, 0.15) is 0 Å². The topological polar surface area (TPSA) is 20.3 Å². The van der Waals surface area contributed by atoms with E-state index < -0.39 is 0 Å². The van der Waals surface area contributed by atoms with Crippen LogP contribution in [0.15, 0.2) is 24.3 Å². The lowest BCUT2D eigenvalue weighted by atomic mass is 9.72. The Morgan fingerprint density at radius 2 is 1.86 bits per heavy atom. The Kier molecular flexibility index (Phi) is 4.17. The van der Waals surface area contributed by atoms with Crippen LogP contribution in [0, 0.1) is 0 Å². The highest BCUT2D eigenvalue weighted by Crippen LogP contribution is 2.40. The second-order valence-electron chi connectivity index (χ2n) is 6.66. The molecule has 0 bridgehead atoms. The first-order chi connectivity index (χ1) is 10.2. The summed E-state index contributed by atoms with van der Waals surface area (Å²) in [4.78, 5) is 15.6. The Morgan fingerprint density at radius 1 is 1.19 bits per heavy atom. The number of likely N-dealkylation sites (tertiary alicyclic amines) is 1. The van der Waals surface area contributed by atoms with Crippen molar-refractivity contribution in [3.63, 3.8) is 0 Å². The van der Waals surface area contributed by atoms with Gasteiger partial charge in [-0.3, -0.25) is 9.69 Å². The largest absolute Gasteiger partial charge is 0.298 e. The fourth-order valence-electron chi connectivity index (χ4n) is 4.37. The Bertz CT molecular complexity index is 512. The van der Waals surface area contributed by atoms with E-state index in [-0.39, 0.29) is 5.54 Å². The Labute approximate surface area is 128 Å². The van der Waals surface area contributed by atoms with E-state index in [1.165, 1.54) is 24.0 Å². The van der Waals surface area contributed by atoms with E-state index in [0.717, 1.165) is 38.8 Å². The maximum absolute atomic E-state index is 13.1. The molecule has 0 aromatic heterocycles. The maximum atomic E-state index is 13.1. The Morgan fingerprint density at radius 3 is 2.48 bits per heavy atom. The van der Waals surface area contributed by atoms with Gasteiger partial charge >= 0.3 is 0 Å². The van der Waals surface area contributed by atoms with Crippen LogP contribution in [0.3, 0.4) is 0 Å². The van der Waals surface area contributed by atoms with Gasteiger partial charge in [-0.2, -0.15) is 0 Å². The highest BCUT2D eigenvalue weighted by molar-refractivity contribution is 5.89. The zero-order chi connectivity index (χ0) is 14.9. The molecule has 0 amide bonds. The number of hydrogen-bond acceptors (Lipinski definition) is 2. The van der Waals surface area contributed by atoms with Gasteiger partial charge < -0.3 is 0 Å². The first kappa shape index (κ1) is 14.8. The molecule has 1 aliphatic carbocycles. The van der Waals surface area contributed by atoms with Crippen molar-refractivity contribution in [1.82, 2.24) is 4.90 Å². The lowest BCUT2D eigenvalue weighted by Gasteiger charge is -2.41. The number of Topliss-reactive ketones (excluding diaryl/α,β-unsaturated/α-hetero) is 1. The minimum atomic E-state index is -0.193. The second-order valence-corrected chi connectivity index (χ2v) is 6.66. The number of hydrogen-bond donors (Lipinski definition) is 0. The normalized spacial score (nSPS) is 21.9. The molecule has 2 heteroatoms. The SMILES string of the molecule is CCC(CC)(C(=O)CC1Cc2ccccc21)N1CCCC1. The molecule has 1 aromatic rings. The molecular formula is C19H27NO. The molecule has 1 aliphatic heterocycles. The van der Waals surface area contributed by atoms with Crippen LogP contribution in [-0.2, 0) is 11.2 Å². The predicted octanol–water partition coefficient (Wildman–Crippen LogP) is 3.94. The highest BCUT2D eigenvalue weighted by Gasteiger charge is 2.43. The maximum Gasteiger partial charge on any atom is 0.153 e. The fraction of sp³-hybridized carbons (Fsp3) is 0.632. The molecule has 1 fully saturated rings. The molecular weight excluding hydrogens is 258 g/mol. The summed E-state index contributed by atoms with van der Waals surface area (Å²) in [5, 5.41) is 0. The van der Waals surface area contributed by atoms with Gasteiger partial charge in [0, 0.05) is 6.42 Å². The molecule has 1 aromatic carbocycles. The van der Waals surface area contributed by atoms with E-state index in [0.29, 0.717) is 11.7 Å². The summed E-state index contributed by atoms with van der Waals surface area (Å²) in [5.41, 5.74) is 2.66. The van der Waals surface area contributed by atoms with Crippen molar-refractivity contribution in [3.05, 3.63) is 35.4 Å². The van der Waals surface area contributed by atoms with E-state index in [9.17, 15) is 4.79 Å². The van der Waals surface area contributed by atoms with Crippen LogP contribution in [0.25, 0.3) is 0 Å². The summed E-state index contributed by atoms with van der Waals surface area (Å²) in [6, 6.07) is 8.60. The standard InChI is InChI=1S/C19H27NO/c1-3-19(4-2,20-11-7-8-12-20)18(21)14-16-13-15-9-5-6-10-17(15)16/h5-6,9-10,16H,3-4,7-8,11-14H2,1-2H3. The van der Waals surface area contributed by atoms with Crippen molar-refractivity contribution in [3.8, 4) is 0 Å². The Hall–Kier alpha value is -1.15. The molecule has 0 saturated carbocycles. The number of ketones is 1. The molecule has 1 unspecified atom stereocenters. The van der Waals surface area contributed by atoms with Gasteiger partial charge in [-0.1, -0.05) is 38.1 Å². The molecule has 0 radical (unpaired) electrons. The van der Waals surface area contributed by atoms with Crippen LogP contribution < -0.4 is 0 Å². The van der Waals surface area contributed by atoms with Crippen LogP contribution in [-0.4, -0.2) is 29.3 Å². The van der Waals surface area contributed by atoms with Crippen LogP contribution >= 0.6 is 0 Å². The summed E-state index contributed by atoms with van der Waals surface area (Å²) in [5.74, 6) is 0.947. The summed E-state index contributed by atoms with van der Waals surface area (Å²) >= 11 is 0. The van der Waals surface area contributed by atoms with E-state index in [1.54, 1.807) is 0 Å². The highest BCUT2D eigenvalue weighted by atomic mass is 16.1. The summed E-state index contributed by atoms with van der Waals surface area (Å²) < 4.78 is 0. The van der Waals surface area contributed by atoms with Crippen molar-refractivity contribution in [2.24, 2.45) is 0 Å². The van der Waals surface area contributed by atoms with Crippen molar-refractivity contribution in [2.45, 2.75) is 63.8 Å². The van der Waals surface area contributed by atoms with E-state index >= 15 is 0 Å². The summed E-state index contributed by atoms with van der Waals surface area (Å²) in [6.07, 6.45) is 6.23. The molecule has 1 saturated heterocycles. The monoisotopic (exact) mass is 285 g/mol. The third-order valence-electron chi connectivity index (χ3n) is 5.79. The average molecular weight is 285 g/mol. The van der Waals surface area contributed by atoms with Crippen LogP contribution in [0.2, 0.25) is 0 Å². The van der Waals surface area contributed by atoms with E-state index in [2.05, 4.69) is 43.0 Å². The molecule has 1 atom stereocenters. The van der Waals surface area contributed by atoms with E-state index in [4.69, 9.17) is 0 Å². The van der Waals surface area contributed by atoms with Crippen LogP contribution in [0.4, 0.5) is 0 Å². The van der Waals surface area contributed by atoms with Gasteiger partial charge in [-0.05, 0) is 62.2 Å². The number of carbonyl (C=O) groups excluding carboxylic acids is 1. The van der Waals surface area contributed by atoms with Crippen molar-refractivity contribution in [2.75, 3.05) is 13.1 Å². The quantitative estimate of drug-likeness (QED) is 0.789. The fourth-order valence-corrected chi connectivity index (χ4v) is 4.37. The number of rotatable bonds is 6. The molecule has 114 valence electrons. The first-order valence-corrected chi connectivity index (χ1v) is 8.57. The van der Waals surface area contributed by atoms with Crippen molar-refractivity contribution >= 4 is 5.78 Å². The van der Waals surface area contributed by atoms with Crippen LogP contribution in [0.5, 0.6) is 0 Å². The minimum absolute atomic E-state index is 0.193. The van der Waals surface area contributed by atoms with E-state index in [1.807, 2.05) is 0 Å².